The van der Waals surface area contributed by atoms with Crippen LogP contribution in [0.5, 0.6) is 0 Å². The average molecular weight is 207 g/mol. The summed E-state index contributed by atoms with van der Waals surface area (Å²) in [4.78, 5) is 2.17. The van der Waals surface area contributed by atoms with Gasteiger partial charge in [0.1, 0.15) is 0 Å². The standard InChI is InChI=1S/C12H17NO2/c14-11-6-7-13(9-12(11)15)8-10-4-2-1-3-5-10/h1-5,11-12,14-15H,6-9H2/t11-,12-/m0/s1. The number of nitrogens with zero attached hydrogens (tertiary/aromatic N) is 1. The molecule has 1 fully saturated rings. The molecule has 0 amide bonds. The summed E-state index contributed by atoms with van der Waals surface area (Å²) in [5.41, 5.74) is 1.25. The van der Waals surface area contributed by atoms with Crippen molar-refractivity contribution in [3.05, 3.63) is 35.9 Å². The van der Waals surface area contributed by atoms with Crippen molar-refractivity contribution in [1.82, 2.24) is 4.90 Å². The minimum Gasteiger partial charge on any atom is -0.390 e. The summed E-state index contributed by atoms with van der Waals surface area (Å²) in [5.74, 6) is 0. The van der Waals surface area contributed by atoms with Gasteiger partial charge in [-0.1, -0.05) is 30.3 Å². The zero-order valence-corrected chi connectivity index (χ0v) is 8.71. The minimum absolute atomic E-state index is 0.544. The summed E-state index contributed by atoms with van der Waals surface area (Å²) in [5, 5.41) is 18.9. The van der Waals surface area contributed by atoms with Gasteiger partial charge in [-0.2, -0.15) is 0 Å². The number of benzene rings is 1. The SMILES string of the molecule is O[C@H]1CCN(Cc2ccccc2)C[C@@H]1O. The highest BCUT2D eigenvalue weighted by Crippen LogP contribution is 2.13. The molecule has 0 aliphatic carbocycles. The van der Waals surface area contributed by atoms with Gasteiger partial charge in [-0.3, -0.25) is 4.90 Å². The van der Waals surface area contributed by atoms with Crippen LogP contribution >= 0.6 is 0 Å². The van der Waals surface area contributed by atoms with E-state index in [1.165, 1.54) is 5.56 Å². The van der Waals surface area contributed by atoms with Crippen LogP contribution in [0.25, 0.3) is 0 Å². The highest BCUT2D eigenvalue weighted by atomic mass is 16.3. The molecule has 1 aromatic rings. The molecular weight excluding hydrogens is 190 g/mol. The van der Waals surface area contributed by atoms with Gasteiger partial charge < -0.3 is 10.2 Å². The molecule has 2 N–H and O–H groups in total. The molecule has 0 unspecified atom stereocenters. The fourth-order valence-electron chi connectivity index (χ4n) is 1.97. The molecule has 1 aliphatic rings. The molecule has 1 heterocycles. The summed E-state index contributed by atoms with van der Waals surface area (Å²) in [6, 6.07) is 10.2. The lowest BCUT2D eigenvalue weighted by molar-refractivity contribution is -0.0403. The van der Waals surface area contributed by atoms with E-state index >= 15 is 0 Å². The highest BCUT2D eigenvalue weighted by Gasteiger charge is 2.25. The molecule has 3 nitrogen and oxygen atoms in total. The van der Waals surface area contributed by atoms with Gasteiger partial charge in [-0.05, 0) is 12.0 Å². The van der Waals surface area contributed by atoms with Gasteiger partial charge >= 0.3 is 0 Å². The maximum atomic E-state index is 9.53. The van der Waals surface area contributed by atoms with E-state index in [1.54, 1.807) is 0 Å². The number of likely N-dealkylation sites (tertiary alicyclic amines) is 1. The van der Waals surface area contributed by atoms with E-state index in [2.05, 4.69) is 17.0 Å². The summed E-state index contributed by atoms with van der Waals surface area (Å²) in [7, 11) is 0. The Bertz CT molecular complexity index is 302. The number of hydrogen-bond donors (Lipinski definition) is 2. The molecule has 2 rings (SSSR count). The van der Waals surface area contributed by atoms with Crippen LogP contribution in [-0.4, -0.2) is 40.4 Å². The Labute approximate surface area is 90.0 Å². The predicted octanol–water partition coefficient (Wildman–Crippen LogP) is 0.614. The molecule has 0 aromatic heterocycles. The Kier molecular flexibility index (Phi) is 3.36. The van der Waals surface area contributed by atoms with E-state index in [1.807, 2.05) is 18.2 Å². The second-order valence-electron chi connectivity index (χ2n) is 4.14. The molecule has 0 radical (unpaired) electrons. The third-order valence-electron chi connectivity index (χ3n) is 2.88. The number of β-amino-alcohol motifs (C(OH)–C–C–N with tert-alkyl or cyclic N) is 1. The van der Waals surface area contributed by atoms with Crippen molar-refractivity contribution in [1.29, 1.82) is 0 Å². The van der Waals surface area contributed by atoms with Gasteiger partial charge in [0.05, 0.1) is 12.2 Å². The number of piperidine rings is 1. The molecule has 82 valence electrons. The van der Waals surface area contributed by atoms with Crippen LogP contribution < -0.4 is 0 Å². The Morgan fingerprint density at radius 3 is 2.53 bits per heavy atom. The molecular formula is C12H17NO2. The first kappa shape index (κ1) is 10.6. The predicted molar refractivity (Wildman–Crippen MR) is 58.3 cm³/mol. The van der Waals surface area contributed by atoms with Crippen molar-refractivity contribution in [3.8, 4) is 0 Å². The molecule has 1 saturated heterocycles. The fourth-order valence-corrected chi connectivity index (χ4v) is 1.97. The largest absolute Gasteiger partial charge is 0.390 e. The van der Waals surface area contributed by atoms with Crippen molar-refractivity contribution in [2.75, 3.05) is 13.1 Å². The quantitative estimate of drug-likeness (QED) is 0.747. The van der Waals surface area contributed by atoms with E-state index in [0.717, 1.165) is 13.1 Å². The minimum atomic E-state index is -0.595. The van der Waals surface area contributed by atoms with Crippen molar-refractivity contribution in [2.24, 2.45) is 0 Å². The number of hydrogen-bond acceptors (Lipinski definition) is 3. The normalized spacial score (nSPS) is 27.9. The Balaban J connectivity index is 1.91. The van der Waals surface area contributed by atoms with Crippen LogP contribution in [-0.2, 0) is 6.54 Å². The summed E-state index contributed by atoms with van der Waals surface area (Å²) in [6.45, 7) is 2.27. The van der Waals surface area contributed by atoms with Gasteiger partial charge in [0.2, 0.25) is 0 Å². The van der Waals surface area contributed by atoms with E-state index in [9.17, 15) is 10.2 Å². The van der Waals surface area contributed by atoms with Crippen LogP contribution in [0.3, 0.4) is 0 Å². The van der Waals surface area contributed by atoms with Crippen molar-refractivity contribution in [2.45, 2.75) is 25.2 Å². The first-order chi connectivity index (χ1) is 7.25. The van der Waals surface area contributed by atoms with Crippen LogP contribution in [0.15, 0.2) is 30.3 Å². The van der Waals surface area contributed by atoms with Gasteiger partial charge in [-0.15, -0.1) is 0 Å². The lowest BCUT2D eigenvalue weighted by Gasteiger charge is -2.33. The Morgan fingerprint density at radius 1 is 1.13 bits per heavy atom. The molecule has 0 saturated carbocycles. The molecule has 3 heteroatoms. The number of rotatable bonds is 2. The highest BCUT2D eigenvalue weighted by molar-refractivity contribution is 5.14. The zero-order chi connectivity index (χ0) is 10.7. The van der Waals surface area contributed by atoms with Crippen LogP contribution in [0, 0.1) is 0 Å². The van der Waals surface area contributed by atoms with Crippen LogP contribution in [0.4, 0.5) is 0 Å². The van der Waals surface area contributed by atoms with E-state index in [0.29, 0.717) is 13.0 Å². The third kappa shape index (κ3) is 2.78. The van der Waals surface area contributed by atoms with E-state index in [4.69, 9.17) is 0 Å². The van der Waals surface area contributed by atoms with Crippen molar-refractivity contribution in [3.63, 3.8) is 0 Å². The molecule has 15 heavy (non-hydrogen) atoms. The maximum Gasteiger partial charge on any atom is 0.0926 e. The lowest BCUT2D eigenvalue weighted by atomic mass is 10.0. The number of aliphatic hydroxyl groups is 2. The van der Waals surface area contributed by atoms with Gasteiger partial charge in [0.15, 0.2) is 0 Å². The van der Waals surface area contributed by atoms with Crippen LogP contribution in [0.2, 0.25) is 0 Å². The topological polar surface area (TPSA) is 43.7 Å². The van der Waals surface area contributed by atoms with Crippen molar-refractivity contribution < 1.29 is 10.2 Å². The van der Waals surface area contributed by atoms with Gasteiger partial charge in [0, 0.05) is 19.6 Å². The van der Waals surface area contributed by atoms with E-state index in [-0.39, 0.29) is 0 Å². The first-order valence-corrected chi connectivity index (χ1v) is 5.38. The van der Waals surface area contributed by atoms with E-state index < -0.39 is 12.2 Å². The second kappa shape index (κ2) is 4.75. The molecule has 0 bridgehead atoms. The second-order valence-corrected chi connectivity index (χ2v) is 4.14. The summed E-state index contributed by atoms with van der Waals surface area (Å²) in [6.07, 6.45) is -0.479. The molecule has 1 aliphatic heterocycles. The molecule has 0 spiro atoms. The first-order valence-electron chi connectivity index (χ1n) is 5.38. The average Bonchev–Trinajstić information content (AvgIpc) is 2.25. The Hall–Kier alpha value is -0.900. The summed E-state index contributed by atoms with van der Waals surface area (Å²) < 4.78 is 0. The van der Waals surface area contributed by atoms with Crippen molar-refractivity contribution >= 4 is 0 Å². The monoisotopic (exact) mass is 207 g/mol. The lowest BCUT2D eigenvalue weighted by Crippen LogP contribution is -2.46. The third-order valence-corrected chi connectivity index (χ3v) is 2.88. The van der Waals surface area contributed by atoms with Crippen LogP contribution in [0.1, 0.15) is 12.0 Å². The smallest absolute Gasteiger partial charge is 0.0926 e. The summed E-state index contributed by atoms with van der Waals surface area (Å²) >= 11 is 0. The van der Waals surface area contributed by atoms with Gasteiger partial charge in [0.25, 0.3) is 0 Å². The maximum absolute atomic E-state index is 9.53. The Morgan fingerprint density at radius 2 is 1.87 bits per heavy atom. The molecule has 1 aromatic carbocycles. The number of aliphatic hydroxyl groups excluding tert-OH is 2. The zero-order valence-electron chi connectivity index (χ0n) is 8.71. The van der Waals surface area contributed by atoms with Gasteiger partial charge in [-0.25, -0.2) is 0 Å². The molecule has 2 atom stereocenters. The fraction of sp³-hybridized carbons (Fsp3) is 0.500.